The summed E-state index contributed by atoms with van der Waals surface area (Å²) in [5.74, 6) is 0.831. The quantitative estimate of drug-likeness (QED) is 0.600. The number of nitrogens with zero attached hydrogens (tertiary/aromatic N) is 3. The summed E-state index contributed by atoms with van der Waals surface area (Å²) in [6.45, 7) is 1.14. The van der Waals surface area contributed by atoms with E-state index in [1.807, 2.05) is 24.3 Å². The Labute approximate surface area is 180 Å². The van der Waals surface area contributed by atoms with Crippen molar-refractivity contribution in [2.75, 3.05) is 26.8 Å². The Morgan fingerprint density at radius 1 is 1.13 bits per heavy atom. The van der Waals surface area contributed by atoms with Crippen LogP contribution in [0.1, 0.15) is 24.5 Å². The summed E-state index contributed by atoms with van der Waals surface area (Å²) in [5.41, 5.74) is 2.53. The molecule has 1 aliphatic heterocycles. The van der Waals surface area contributed by atoms with Gasteiger partial charge in [0.1, 0.15) is 17.3 Å². The molecule has 1 saturated heterocycles. The molecule has 0 N–H and O–H groups in total. The zero-order chi connectivity index (χ0) is 21.6. The Morgan fingerprint density at radius 3 is 2.71 bits per heavy atom. The molecule has 0 saturated carbocycles. The van der Waals surface area contributed by atoms with Gasteiger partial charge in [-0.1, -0.05) is 12.1 Å². The number of para-hydroxylation sites is 1. The topological polar surface area (TPSA) is 64.6 Å². The molecule has 2 aromatic carbocycles. The second kappa shape index (κ2) is 9.55. The molecule has 7 heteroatoms. The molecule has 1 fully saturated rings. The molecule has 2 heterocycles. The Bertz CT molecular complexity index is 1040. The van der Waals surface area contributed by atoms with Crippen LogP contribution in [0.4, 0.5) is 4.39 Å². The van der Waals surface area contributed by atoms with Crippen LogP contribution in [-0.4, -0.2) is 47.6 Å². The normalized spacial score (nSPS) is 16.1. The highest BCUT2D eigenvalue weighted by molar-refractivity contribution is 5.78. The van der Waals surface area contributed by atoms with Gasteiger partial charge in [-0.2, -0.15) is 0 Å². The van der Waals surface area contributed by atoms with E-state index in [-0.39, 0.29) is 24.2 Å². The first kappa shape index (κ1) is 20.8. The maximum Gasteiger partial charge on any atom is 0.260 e. The first-order chi connectivity index (χ1) is 15.2. The van der Waals surface area contributed by atoms with Crippen molar-refractivity contribution in [3.05, 3.63) is 72.4 Å². The lowest BCUT2D eigenvalue weighted by Gasteiger charge is -2.33. The van der Waals surface area contributed by atoms with Crippen LogP contribution in [0.3, 0.4) is 0 Å². The fourth-order valence-electron chi connectivity index (χ4n) is 3.89. The number of piperidine rings is 1. The minimum Gasteiger partial charge on any atom is -0.496 e. The van der Waals surface area contributed by atoms with Crippen LogP contribution < -0.4 is 9.47 Å². The van der Waals surface area contributed by atoms with E-state index in [2.05, 4.69) is 9.97 Å². The molecule has 1 aromatic heterocycles. The van der Waals surface area contributed by atoms with Gasteiger partial charge in [0.05, 0.1) is 18.5 Å². The molecule has 0 radical (unpaired) electrons. The number of likely N-dealkylation sites (tertiary alicyclic amines) is 1. The fourth-order valence-corrected chi connectivity index (χ4v) is 3.89. The molecule has 4 rings (SSSR count). The van der Waals surface area contributed by atoms with E-state index in [9.17, 15) is 9.18 Å². The van der Waals surface area contributed by atoms with Crippen molar-refractivity contribution in [2.24, 2.45) is 0 Å². The molecule has 6 nitrogen and oxygen atoms in total. The highest BCUT2D eigenvalue weighted by Gasteiger charge is 2.28. The molecule has 3 aromatic rings. The number of ether oxygens (including phenoxy) is 2. The summed E-state index contributed by atoms with van der Waals surface area (Å²) in [6.07, 6.45) is 5.15. The highest BCUT2D eigenvalue weighted by atomic mass is 19.1. The average Bonchev–Trinajstić information content (AvgIpc) is 2.83. The number of rotatable bonds is 6. The van der Waals surface area contributed by atoms with Crippen molar-refractivity contribution >= 4 is 5.91 Å². The van der Waals surface area contributed by atoms with Crippen molar-refractivity contribution in [3.8, 4) is 22.8 Å². The molecule has 1 aliphatic rings. The second-order valence-corrected chi connectivity index (χ2v) is 7.41. The largest absolute Gasteiger partial charge is 0.496 e. The number of methoxy groups -OCH3 is 1. The van der Waals surface area contributed by atoms with Crippen molar-refractivity contribution in [1.29, 1.82) is 0 Å². The van der Waals surface area contributed by atoms with E-state index in [0.29, 0.717) is 18.8 Å². The molecule has 160 valence electrons. The van der Waals surface area contributed by atoms with Gasteiger partial charge in [-0.3, -0.25) is 14.8 Å². The molecule has 0 unspecified atom stereocenters. The molecule has 0 spiro atoms. The Balaban J connectivity index is 1.49. The summed E-state index contributed by atoms with van der Waals surface area (Å²) in [5, 5.41) is 0. The minimum atomic E-state index is -0.340. The van der Waals surface area contributed by atoms with Crippen molar-refractivity contribution in [1.82, 2.24) is 14.9 Å². The number of aromatic nitrogens is 2. The summed E-state index contributed by atoms with van der Waals surface area (Å²) in [7, 11) is 1.64. The second-order valence-electron chi connectivity index (χ2n) is 7.41. The van der Waals surface area contributed by atoms with Crippen molar-refractivity contribution in [3.63, 3.8) is 0 Å². The van der Waals surface area contributed by atoms with Crippen LogP contribution in [0.2, 0.25) is 0 Å². The van der Waals surface area contributed by atoms with Crippen molar-refractivity contribution in [2.45, 2.75) is 18.8 Å². The smallest absolute Gasteiger partial charge is 0.260 e. The predicted octanol–water partition coefficient (Wildman–Crippen LogP) is 4.08. The zero-order valence-electron chi connectivity index (χ0n) is 17.3. The summed E-state index contributed by atoms with van der Waals surface area (Å²) in [6, 6.07) is 13.4. The first-order valence-corrected chi connectivity index (χ1v) is 10.3. The molecule has 0 bridgehead atoms. The van der Waals surface area contributed by atoms with Crippen LogP contribution in [0.5, 0.6) is 11.5 Å². The van der Waals surface area contributed by atoms with Gasteiger partial charge in [0.25, 0.3) is 5.91 Å². The molecule has 1 amide bonds. The number of hydrogen-bond donors (Lipinski definition) is 0. The van der Waals surface area contributed by atoms with E-state index in [0.717, 1.165) is 35.5 Å². The van der Waals surface area contributed by atoms with E-state index >= 15 is 0 Å². The number of amides is 1. The minimum absolute atomic E-state index is 0.0668. The number of benzene rings is 2. The lowest BCUT2D eigenvalue weighted by atomic mass is 9.91. The van der Waals surface area contributed by atoms with Gasteiger partial charge in [0, 0.05) is 37.0 Å². The SMILES string of the molecule is COc1ccccc1-c1nccnc1[C@H]1CCCN(C(=O)COc2ccc(F)cc2)C1. The lowest BCUT2D eigenvalue weighted by molar-refractivity contribution is -0.134. The zero-order valence-corrected chi connectivity index (χ0v) is 17.3. The Morgan fingerprint density at radius 2 is 1.90 bits per heavy atom. The number of carbonyl (C=O) groups excluding carboxylic acids is 1. The third-order valence-corrected chi connectivity index (χ3v) is 5.43. The summed E-state index contributed by atoms with van der Waals surface area (Å²) in [4.78, 5) is 23.8. The molecule has 0 aliphatic carbocycles. The van der Waals surface area contributed by atoms with Gasteiger partial charge in [-0.25, -0.2) is 4.39 Å². The third-order valence-electron chi connectivity index (χ3n) is 5.43. The van der Waals surface area contributed by atoms with Crippen LogP contribution in [-0.2, 0) is 4.79 Å². The van der Waals surface area contributed by atoms with E-state index < -0.39 is 0 Å². The van der Waals surface area contributed by atoms with Crippen LogP contribution in [0.15, 0.2) is 60.9 Å². The van der Waals surface area contributed by atoms with Crippen LogP contribution in [0.25, 0.3) is 11.3 Å². The van der Waals surface area contributed by atoms with E-state index in [1.54, 1.807) is 24.4 Å². The molecule has 31 heavy (non-hydrogen) atoms. The maximum absolute atomic E-state index is 13.0. The van der Waals surface area contributed by atoms with E-state index in [1.165, 1.54) is 24.3 Å². The Kier molecular flexibility index (Phi) is 6.40. The third kappa shape index (κ3) is 4.82. The standard InChI is InChI=1S/C24H24FN3O3/c1-30-21-7-3-2-6-20(21)24-23(26-12-13-27-24)17-5-4-14-28(15-17)22(29)16-31-19-10-8-18(25)9-11-19/h2-3,6-13,17H,4-5,14-16H2,1H3/t17-/m0/s1. The Hall–Kier alpha value is -3.48. The molecule has 1 atom stereocenters. The highest BCUT2D eigenvalue weighted by Crippen LogP contribution is 2.35. The van der Waals surface area contributed by atoms with Gasteiger partial charge in [-0.05, 0) is 49.2 Å². The predicted molar refractivity (Wildman–Crippen MR) is 114 cm³/mol. The molecular formula is C24H24FN3O3. The van der Waals surface area contributed by atoms with Crippen LogP contribution >= 0.6 is 0 Å². The fraction of sp³-hybridized carbons (Fsp3) is 0.292. The summed E-state index contributed by atoms with van der Waals surface area (Å²) >= 11 is 0. The van der Waals surface area contributed by atoms with Crippen molar-refractivity contribution < 1.29 is 18.7 Å². The number of hydrogen-bond acceptors (Lipinski definition) is 5. The first-order valence-electron chi connectivity index (χ1n) is 10.3. The van der Waals surface area contributed by atoms with E-state index in [4.69, 9.17) is 9.47 Å². The number of carbonyl (C=O) groups is 1. The number of halogens is 1. The van der Waals surface area contributed by atoms with Gasteiger partial charge >= 0.3 is 0 Å². The van der Waals surface area contributed by atoms with Gasteiger partial charge in [0.2, 0.25) is 0 Å². The van der Waals surface area contributed by atoms with Crippen LogP contribution in [0, 0.1) is 5.82 Å². The summed E-state index contributed by atoms with van der Waals surface area (Å²) < 4.78 is 24.1. The molecular weight excluding hydrogens is 397 g/mol. The monoisotopic (exact) mass is 421 g/mol. The maximum atomic E-state index is 13.0. The van der Waals surface area contributed by atoms with Gasteiger partial charge in [-0.15, -0.1) is 0 Å². The lowest BCUT2D eigenvalue weighted by Crippen LogP contribution is -2.41. The van der Waals surface area contributed by atoms with Gasteiger partial charge < -0.3 is 14.4 Å². The average molecular weight is 421 g/mol. The van der Waals surface area contributed by atoms with Gasteiger partial charge in [0.15, 0.2) is 6.61 Å².